The number of rotatable bonds is 6. The van der Waals surface area contributed by atoms with Crippen LogP contribution in [0.25, 0.3) is 27.7 Å². The highest BCUT2D eigenvalue weighted by atomic mass is 32.1. The number of carbonyl (C=O) groups excluding carboxylic acids is 1. The second kappa shape index (κ2) is 8.41. The van der Waals surface area contributed by atoms with Crippen molar-refractivity contribution in [2.24, 2.45) is 0 Å². The van der Waals surface area contributed by atoms with Crippen molar-refractivity contribution in [1.29, 1.82) is 0 Å². The molecule has 4 rings (SSSR count). The van der Waals surface area contributed by atoms with Crippen molar-refractivity contribution in [3.05, 3.63) is 69.6 Å². The number of thiophene rings is 1. The Morgan fingerprint density at radius 1 is 1.14 bits per heavy atom. The van der Waals surface area contributed by atoms with E-state index in [4.69, 9.17) is 0 Å². The first kappa shape index (κ1) is 18.5. The Morgan fingerprint density at radius 2 is 2.00 bits per heavy atom. The van der Waals surface area contributed by atoms with Crippen LogP contribution < -0.4 is 5.32 Å². The number of fused-ring (bicyclic) bond motifs is 1. The van der Waals surface area contributed by atoms with Gasteiger partial charge in [0, 0.05) is 22.9 Å². The minimum Gasteiger partial charge on any atom is -0.352 e. The van der Waals surface area contributed by atoms with Crippen molar-refractivity contribution < 1.29 is 4.79 Å². The Hall–Kier alpha value is -2.90. The average molecular weight is 407 g/mol. The monoisotopic (exact) mass is 406 g/mol. The summed E-state index contributed by atoms with van der Waals surface area (Å²) in [6.45, 7) is 2.60. The zero-order valence-corrected chi connectivity index (χ0v) is 16.9. The van der Waals surface area contributed by atoms with Crippen LogP contribution in [-0.4, -0.2) is 27.4 Å². The molecule has 0 fully saturated rings. The van der Waals surface area contributed by atoms with E-state index in [0.29, 0.717) is 12.2 Å². The van der Waals surface area contributed by atoms with E-state index in [0.717, 1.165) is 28.2 Å². The summed E-state index contributed by atoms with van der Waals surface area (Å²) < 4.78 is 0. The minimum absolute atomic E-state index is 0.137. The lowest BCUT2D eigenvalue weighted by atomic mass is 10.3. The number of benzene rings is 1. The Balaban J connectivity index is 1.29. The second-order valence-electron chi connectivity index (χ2n) is 6.18. The fourth-order valence-electron chi connectivity index (χ4n) is 2.71. The fourth-order valence-corrected chi connectivity index (χ4v) is 4.36. The quantitative estimate of drug-likeness (QED) is 0.479. The maximum Gasteiger partial charge on any atom is 0.244 e. The van der Waals surface area contributed by atoms with Gasteiger partial charge in [-0.15, -0.1) is 22.7 Å². The van der Waals surface area contributed by atoms with Gasteiger partial charge in [-0.25, -0.2) is 9.97 Å². The van der Waals surface area contributed by atoms with E-state index in [1.165, 1.54) is 15.8 Å². The van der Waals surface area contributed by atoms with Crippen LogP contribution in [-0.2, 0) is 11.2 Å². The molecule has 0 aliphatic rings. The summed E-state index contributed by atoms with van der Waals surface area (Å²) >= 11 is 3.37. The summed E-state index contributed by atoms with van der Waals surface area (Å²) in [6.07, 6.45) is 5.64. The molecule has 5 nitrogen and oxygen atoms in total. The highest BCUT2D eigenvalue weighted by Gasteiger charge is 2.06. The summed E-state index contributed by atoms with van der Waals surface area (Å²) in [4.78, 5) is 27.8. The molecule has 1 aromatic carbocycles. The highest BCUT2D eigenvalue weighted by molar-refractivity contribution is 7.16. The number of hydrogen-bond donors (Lipinski definition) is 1. The van der Waals surface area contributed by atoms with Crippen molar-refractivity contribution >= 4 is 45.7 Å². The van der Waals surface area contributed by atoms with Gasteiger partial charge in [-0.1, -0.05) is 12.1 Å². The number of aromatic nitrogens is 3. The topological polar surface area (TPSA) is 67.8 Å². The molecule has 0 unspecified atom stereocenters. The Labute approximate surface area is 170 Å². The molecule has 7 heteroatoms. The van der Waals surface area contributed by atoms with Gasteiger partial charge in [0.1, 0.15) is 0 Å². The lowest BCUT2D eigenvalue weighted by molar-refractivity contribution is -0.116. The number of para-hydroxylation sites is 2. The number of amides is 1. The number of hydrogen-bond acceptors (Lipinski definition) is 6. The van der Waals surface area contributed by atoms with Crippen LogP contribution in [0.2, 0.25) is 0 Å². The molecule has 140 valence electrons. The first-order chi connectivity index (χ1) is 13.7. The van der Waals surface area contributed by atoms with Crippen LogP contribution in [0.4, 0.5) is 0 Å². The Bertz CT molecular complexity index is 1150. The molecular formula is C21H18N4OS2. The summed E-state index contributed by atoms with van der Waals surface area (Å²) in [5, 5.41) is 6.06. The van der Waals surface area contributed by atoms with E-state index in [-0.39, 0.29) is 5.91 Å². The van der Waals surface area contributed by atoms with Gasteiger partial charge in [0.25, 0.3) is 0 Å². The SMILES string of the molecule is Cc1nc(-c2ccc(CCNC(=O)/C=C/c3cnc4ccccc4n3)s2)cs1. The van der Waals surface area contributed by atoms with E-state index in [9.17, 15) is 4.79 Å². The molecule has 0 saturated heterocycles. The third-order valence-corrected chi connectivity index (χ3v) is 6.02. The van der Waals surface area contributed by atoms with Crippen molar-refractivity contribution in [1.82, 2.24) is 20.3 Å². The molecule has 3 aromatic heterocycles. The molecule has 1 N–H and O–H groups in total. The summed E-state index contributed by atoms with van der Waals surface area (Å²) in [7, 11) is 0. The van der Waals surface area contributed by atoms with E-state index < -0.39 is 0 Å². The molecule has 0 spiro atoms. The van der Waals surface area contributed by atoms with Gasteiger partial charge in [0.2, 0.25) is 5.91 Å². The number of nitrogens with one attached hydrogen (secondary N) is 1. The molecule has 3 heterocycles. The lowest BCUT2D eigenvalue weighted by Gasteiger charge is -2.01. The normalized spacial score (nSPS) is 11.3. The minimum atomic E-state index is -0.137. The fraction of sp³-hybridized carbons (Fsp3) is 0.143. The number of carbonyl (C=O) groups is 1. The number of thiazole rings is 1. The van der Waals surface area contributed by atoms with E-state index in [2.05, 4.69) is 37.8 Å². The van der Waals surface area contributed by atoms with Crippen LogP contribution in [0.3, 0.4) is 0 Å². The Kier molecular flexibility index (Phi) is 5.55. The third-order valence-electron chi connectivity index (χ3n) is 4.08. The van der Waals surface area contributed by atoms with Gasteiger partial charge in [-0.2, -0.15) is 0 Å². The number of nitrogens with zero attached hydrogens (tertiary/aromatic N) is 3. The largest absolute Gasteiger partial charge is 0.352 e. The van der Waals surface area contributed by atoms with Crippen LogP contribution in [0, 0.1) is 6.92 Å². The average Bonchev–Trinajstić information content (AvgIpc) is 3.35. The van der Waals surface area contributed by atoms with Crippen molar-refractivity contribution in [3.8, 4) is 10.6 Å². The maximum atomic E-state index is 12.0. The summed E-state index contributed by atoms with van der Waals surface area (Å²) in [5.74, 6) is -0.137. The molecule has 0 radical (unpaired) electrons. The van der Waals surface area contributed by atoms with Gasteiger partial charge in [0.15, 0.2) is 0 Å². The van der Waals surface area contributed by atoms with Gasteiger partial charge in [-0.3, -0.25) is 9.78 Å². The predicted molar refractivity (Wildman–Crippen MR) is 115 cm³/mol. The maximum absolute atomic E-state index is 12.0. The van der Waals surface area contributed by atoms with Gasteiger partial charge >= 0.3 is 0 Å². The van der Waals surface area contributed by atoms with Crippen molar-refractivity contribution in [2.45, 2.75) is 13.3 Å². The zero-order valence-electron chi connectivity index (χ0n) is 15.3. The standard InChI is InChI=1S/C21H18N4OS2/c1-14-24-19(13-27-14)20-8-7-16(28-20)10-11-22-21(26)9-6-15-12-23-17-4-2-3-5-18(17)25-15/h2-9,12-13H,10-11H2,1H3,(H,22,26)/b9-6+. The molecule has 0 aliphatic heterocycles. The van der Waals surface area contributed by atoms with Gasteiger partial charge in [-0.05, 0) is 43.7 Å². The smallest absolute Gasteiger partial charge is 0.244 e. The second-order valence-corrected chi connectivity index (χ2v) is 8.41. The van der Waals surface area contributed by atoms with Gasteiger partial charge in [0.05, 0.1) is 38.5 Å². The molecule has 0 aliphatic carbocycles. The molecule has 4 aromatic rings. The summed E-state index contributed by atoms with van der Waals surface area (Å²) in [6, 6.07) is 11.9. The third kappa shape index (κ3) is 4.49. The van der Waals surface area contributed by atoms with Crippen LogP contribution >= 0.6 is 22.7 Å². The van der Waals surface area contributed by atoms with Crippen LogP contribution in [0.15, 0.2) is 54.1 Å². The molecule has 28 heavy (non-hydrogen) atoms. The molecule has 0 atom stereocenters. The predicted octanol–water partition coefficient (Wildman–Crippen LogP) is 4.50. The molecule has 0 bridgehead atoms. The first-order valence-electron chi connectivity index (χ1n) is 8.86. The van der Waals surface area contributed by atoms with Gasteiger partial charge < -0.3 is 5.32 Å². The lowest BCUT2D eigenvalue weighted by Crippen LogP contribution is -2.23. The molecule has 1 amide bonds. The van der Waals surface area contributed by atoms with E-state index >= 15 is 0 Å². The van der Waals surface area contributed by atoms with Crippen LogP contribution in [0.1, 0.15) is 15.6 Å². The van der Waals surface area contributed by atoms with Crippen LogP contribution in [0.5, 0.6) is 0 Å². The van der Waals surface area contributed by atoms with Crippen molar-refractivity contribution in [2.75, 3.05) is 6.54 Å². The summed E-state index contributed by atoms with van der Waals surface area (Å²) in [5.41, 5.74) is 3.35. The molecule has 0 saturated carbocycles. The molecular weight excluding hydrogens is 388 g/mol. The van der Waals surface area contributed by atoms with E-state index in [1.54, 1.807) is 34.9 Å². The zero-order chi connectivity index (χ0) is 19.3. The first-order valence-corrected chi connectivity index (χ1v) is 10.6. The van der Waals surface area contributed by atoms with Crippen molar-refractivity contribution in [3.63, 3.8) is 0 Å². The number of aryl methyl sites for hydroxylation is 1. The Morgan fingerprint density at radius 3 is 2.82 bits per heavy atom. The van der Waals surface area contributed by atoms with E-state index in [1.807, 2.05) is 31.2 Å². The highest BCUT2D eigenvalue weighted by Crippen LogP contribution is 2.29.